The van der Waals surface area contributed by atoms with E-state index < -0.39 is 0 Å². The van der Waals surface area contributed by atoms with Crippen LogP contribution < -0.4 is 9.80 Å². The van der Waals surface area contributed by atoms with Crippen molar-refractivity contribution in [1.29, 1.82) is 0 Å². The molecule has 0 amide bonds. The van der Waals surface area contributed by atoms with E-state index in [4.69, 9.17) is 0 Å². The van der Waals surface area contributed by atoms with Crippen LogP contribution >= 0.6 is 0 Å². The predicted octanol–water partition coefficient (Wildman–Crippen LogP) is 17.2. The number of anilines is 6. The summed E-state index contributed by atoms with van der Waals surface area (Å²) in [6.45, 7) is 13.9. The number of para-hydroxylation sites is 2. The first-order valence-corrected chi connectivity index (χ1v) is 22.6. The maximum atomic E-state index is 2.41. The lowest BCUT2D eigenvalue weighted by Crippen LogP contribution is -2.16. The highest BCUT2D eigenvalue weighted by atomic mass is 15.1. The Bertz CT molecular complexity index is 3030. The topological polar surface area (TPSA) is 6.48 Å². The van der Waals surface area contributed by atoms with E-state index in [1.54, 1.807) is 0 Å². The predicted molar refractivity (Wildman–Crippen MR) is 271 cm³/mol. The fourth-order valence-electron chi connectivity index (χ4n) is 10.8. The highest BCUT2D eigenvalue weighted by Gasteiger charge is 2.37. The van der Waals surface area contributed by atoms with Gasteiger partial charge in [0.2, 0.25) is 0 Å². The molecule has 0 spiro atoms. The largest absolute Gasteiger partial charge is 0.310 e. The molecule has 9 aromatic rings. The molecule has 2 aliphatic rings. The molecule has 64 heavy (non-hydrogen) atoms. The maximum absolute atomic E-state index is 2.41. The zero-order valence-electron chi connectivity index (χ0n) is 37.5. The first-order chi connectivity index (χ1) is 31.1. The standard InChI is InChI=1S/C62H52N2/c1-41-35-56(44-20-18-26-48(38-44)64(46-23-11-8-12-24-46)50-32-34-54-52-28-14-16-30-58(52)62(5,6)60(54)40-50)42(2)36-55(41)43-19-17-25-47(37-43)63(45-21-9-7-10-22-45)49-31-33-53-51-27-13-15-29-57(51)61(3,4)59(53)39-49/h7-40H,1-6H3. The molecule has 0 aromatic heterocycles. The lowest BCUT2D eigenvalue weighted by atomic mass is 9.82. The van der Waals surface area contributed by atoms with Crippen LogP contribution in [0.25, 0.3) is 44.5 Å². The van der Waals surface area contributed by atoms with Gasteiger partial charge in [-0.15, -0.1) is 0 Å². The van der Waals surface area contributed by atoms with Crippen LogP contribution in [0.3, 0.4) is 0 Å². The zero-order valence-corrected chi connectivity index (χ0v) is 37.5. The lowest BCUT2D eigenvalue weighted by molar-refractivity contribution is 0.660. The second kappa shape index (κ2) is 15.1. The van der Waals surface area contributed by atoms with Crippen LogP contribution in [0, 0.1) is 13.8 Å². The summed E-state index contributed by atoms with van der Waals surface area (Å²) in [5, 5.41) is 0. The highest BCUT2D eigenvalue weighted by Crippen LogP contribution is 2.52. The molecule has 2 aliphatic carbocycles. The van der Waals surface area contributed by atoms with Crippen molar-refractivity contribution in [3.63, 3.8) is 0 Å². The van der Waals surface area contributed by atoms with Crippen LogP contribution in [0.2, 0.25) is 0 Å². The molecule has 0 N–H and O–H groups in total. The Balaban J connectivity index is 0.958. The number of benzene rings is 9. The van der Waals surface area contributed by atoms with Gasteiger partial charge in [0, 0.05) is 45.0 Å². The minimum atomic E-state index is -0.0894. The van der Waals surface area contributed by atoms with Crippen molar-refractivity contribution < 1.29 is 0 Å². The molecule has 11 rings (SSSR count). The van der Waals surface area contributed by atoms with E-state index in [2.05, 4.69) is 258 Å². The summed E-state index contributed by atoms with van der Waals surface area (Å²) in [6, 6.07) is 76.2. The van der Waals surface area contributed by atoms with Crippen molar-refractivity contribution in [2.24, 2.45) is 0 Å². The van der Waals surface area contributed by atoms with Crippen molar-refractivity contribution >= 4 is 34.1 Å². The second-order valence-corrected chi connectivity index (χ2v) is 18.7. The summed E-state index contributed by atoms with van der Waals surface area (Å²) in [5.74, 6) is 0. The molecule has 0 saturated carbocycles. The van der Waals surface area contributed by atoms with Crippen LogP contribution in [0.1, 0.15) is 61.1 Å². The average molecular weight is 825 g/mol. The van der Waals surface area contributed by atoms with E-state index in [9.17, 15) is 0 Å². The molecule has 0 radical (unpaired) electrons. The summed E-state index contributed by atoms with van der Waals surface area (Å²) in [7, 11) is 0. The molecule has 0 saturated heterocycles. The maximum Gasteiger partial charge on any atom is 0.0467 e. The minimum Gasteiger partial charge on any atom is -0.310 e. The highest BCUT2D eigenvalue weighted by molar-refractivity contribution is 5.89. The SMILES string of the molecule is Cc1cc(-c2cccc(N(c3ccccc3)c3ccc4c(c3)C(C)(C)c3ccccc3-4)c2)c(C)cc1-c1cccc(N(c2ccccc2)c2ccc3c(c2)C(C)(C)c2ccccc2-3)c1. The van der Waals surface area contributed by atoms with Crippen molar-refractivity contribution in [3.05, 3.63) is 240 Å². The monoisotopic (exact) mass is 824 g/mol. The second-order valence-electron chi connectivity index (χ2n) is 18.7. The fraction of sp³-hybridized carbons (Fsp3) is 0.129. The quantitative estimate of drug-likeness (QED) is 0.151. The number of rotatable bonds is 8. The van der Waals surface area contributed by atoms with Crippen LogP contribution in [0.5, 0.6) is 0 Å². The van der Waals surface area contributed by atoms with Crippen molar-refractivity contribution in [2.75, 3.05) is 9.80 Å². The summed E-state index contributed by atoms with van der Waals surface area (Å²) >= 11 is 0. The first kappa shape index (κ1) is 39.4. The number of fused-ring (bicyclic) bond motifs is 6. The molecule has 0 fully saturated rings. The van der Waals surface area contributed by atoms with Gasteiger partial charge in [0.05, 0.1) is 0 Å². The van der Waals surface area contributed by atoms with Crippen molar-refractivity contribution in [3.8, 4) is 44.5 Å². The first-order valence-electron chi connectivity index (χ1n) is 22.6. The number of nitrogens with zero attached hydrogens (tertiary/aromatic N) is 2. The Morgan fingerprint density at radius 3 is 1.03 bits per heavy atom. The Labute approximate surface area is 378 Å². The van der Waals surface area contributed by atoms with E-state index >= 15 is 0 Å². The number of hydrogen-bond donors (Lipinski definition) is 0. The van der Waals surface area contributed by atoms with Gasteiger partial charge < -0.3 is 9.80 Å². The molecule has 0 aliphatic heterocycles. The van der Waals surface area contributed by atoms with Gasteiger partial charge in [-0.3, -0.25) is 0 Å². The molecule has 9 aromatic carbocycles. The Morgan fingerprint density at radius 2 is 0.609 bits per heavy atom. The molecule has 2 nitrogen and oxygen atoms in total. The van der Waals surface area contributed by atoms with Crippen molar-refractivity contribution in [2.45, 2.75) is 52.4 Å². The van der Waals surface area contributed by atoms with Crippen LogP contribution in [-0.4, -0.2) is 0 Å². The van der Waals surface area contributed by atoms with Gasteiger partial charge in [0.25, 0.3) is 0 Å². The third kappa shape index (κ3) is 6.39. The summed E-state index contributed by atoms with van der Waals surface area (Å²) in [5.41, 5.74) is 24.9. The summed E-state index contributed by atoms with van der Waals surface area (Å²) in [6.07, 6.45) is 0. The third-order valence-electron chi connectivity index (χ3n) is 14.1. The van der Waals surface area contributed by atoms with Crippen LogP contribution in [0.15, 0.2) is 206 Å². The molecule has 0 heterocycles. The van der Waals surface area contributed by atoms with Gasteiger partial charge in [-0.1, -0.05) is 161 Å². The van der Waals surface area contributed by atoms with E-state index in [0.717, 1.165) is 34.1 Å². The molecule has 2 heteroatoms. The average Bonchev–Trinajstić information content (AvgIpc) is 3.69. The fourth-order valence-corrected chi connectivity index (χ4v) is 10.8. The van der Waals surface area contributed by atoms with Gasteiger partial charge >= 0.3 is 0 Å². The minimum absolute atomic E-state index is 0.0894. The van der Waals surface area contributed by atoms with E-state index in [0.29, 0.717) is 0 Å². The Morgan fingerprint density at radius 1 is 0.266 bits per heavy atom. The smallest absolute Gasteiger partial charge is 0.0467 e. The number of hydrogen-bond acceptors (Lipinski definition) is 2. The molecule has 0 atom stereocenters. The molecule has 310 valence electrons. The van der Waals surface area contributed by atoms with E-state index in [1.807, 2.05) is 0 Å². The molecule has 0 bridgehead atoms. The van der Waals surface area contributed by atoms with Gasteiger partial charge in [0.1, 0.15) is 0 Å². The molecular formula is C62H52N2. The van der Waals surface area contributed by atoms with E-state index in [1.165, 1.54) is 77.9 Å². The van der Waals surface area contributed by atoms with Crippen LogP contribution in [0.4, 0.5) is 34.1 Å². The van der Waals surface area contributed by atoms with Crippen molar-refractivity contribution in [1.82, 2.24) is 0 Å². The third-order valence-corrected chi connectivity index (χ3v) is 14.1. The molecular weight excluding hydrogens is 773 g/mol. The molecule has 0 unspecified atom stereocenters. The van der Waals surface area contributed by atoms with Gasteiger partial charge in [-0.25, -0.2) is 0 Å². The summed E-state index contributed by atoms with van der Waals surface area (Å²) in [4.78, 5) is 4.81. The summed E-state index contributed by atoms with van der Waals surface area (Å²) < 4.78 is 0. The van der Waals surface area contributed by atoms with Gasteiger partial charge in [-0.05, 0) is 165 Å². The Kier molecular flexibility index (Phi) is 9.33. The van der Waals surface area contributed by atoms with Gasteiger partial charge in [0.15, 0.2) is 0 Å². The van der Waals surface area contributed by atoms with E-state index in [-0.39, 0.29) is 10.8 Å². The normalized spacial score (nSPS) is 13.7. The lowest BCUT2D eigenvalue weighted by Gasteiger charge is -2.28. The Hall–Kier alpha value is -7.42. The van der Waals surface area contributed by atoms with Crippen LogP contribution in [-0.2, 0) is 10.8 Å². The number of aryl methyl sites for hydroxylation is 2. The zero-order chi connectivity index (χ0) is 43.7. The van der Waals surface area contributed by atoms with Gasteiger partial charge in [-0.2, -0.15) is 0 Å².